The van der Waals surface area contributed by atoms with Crippen molar-refractivity contribution in [1.29, 1.82) is 0 Å². The van der Waals surface area contributed by atoms with E-state index in [1.807, 2.05) is 33.3 Å². The zero-order chi connectivity index (χ0) is 46.3. The lowest BCUT2D eigenvalue weighted by Crippen LogP contribution is -2.50. The standard InChI is InChI=1S/C55H87NO7/c1-6-8-10-12-14-16-18-20-22-24-26-28-29-31-33-35-37-39-41-43-45-53(57)62-50-51(49-61-48-47-52(55(59)60)56(3,4)5)63-54(58)46-44-42-40-38-36-34-32-30-27-25-23-21-19-17-15-13-11-9-7-2/h8-11,14-17,20-23,26-28,30,34,36,40,42,51-52H,6-7,12-13,18-19,24-25,29,31-33,35,37-39,41,43-50H2,1-5H3/p+1/b10-8+,11-9+,16-14+,17-15+,22-20+,23-21+,28-26+,30-27+,36-34+,42-40+. The number of carbonyl (C=O) groups is 3. The zero-order valence-electron chi connectivity index (χ0n) is 40.2. The van der Waals surface area contributed by atoms with Crippen LogP contribution >= 0.6 is 0 Å². The number of carbonyl (C=O) groups excluding carboxylic acids is 2. The van der Waals surface area contributed by atoms with E-state index in [4.69, 9.17) is 14.2 Å². The van der Waals surface area contributed by atoms with E-state index < -0.39 is 24.1 Å². The van der Waals surface area contributed by atoms with E-state index in [0.717, 1.165) is 96.3 Å². The monoisotopic (exact) mass is 875 g/mol. The minimum Gasteiger partial charge on any atom is -0.477 e. The second-order valence-corrected chi connectivity index (χ2v) is 16.6. The summed E-state index contributed by atoms with van der Waals surface area (Å²) in [5.74, 6) is -1.61. The fraction of sp³-hybridized carbons (Fsp3) is 0.582. The molecule has 0 heterocycles. The van der Waals surface area contributed by atoms with Crippen molar-refractivity contribution in [2.75, 3.05) is 41.0 Å². The lowest BCUT2D eigenvalue weighted by atomic mass is 10.1. The minimum absolute atomic E-state index is 0.0185. The molecular formula is C55H88NO7+. The van der Waals surface area contributed by atoms with Crippen LogP contribution in [-0.2, 0) is 28.6 Å². The summed E-state index contributed by atoms with van der Waals surface area (Å²) < 4.78 is 17.2. The Morgan fingerprint density at radius 2 is 0.873 bits per heavy atom. The summed E-state index contributed by atoms with van der Waals surface area (Å²) in [5, 5.41) is 9.64. The molecule has 8 heteroatoms. The summed E-state index contributed by atoms with van der Waals surface area (Å²) in [5.41, 5.74) is 0. The number of carboxylic acids is 1. The smallest absolute Gasteiger partial charge is 0.362 e. The van der Waals surface area contributed by atoms with Gasteiger partial charge in [-0.25, -0.2) is 4.79 Å². The van der Waals surface area contributed by atoms with E-state index in [1.165, 1.54) is 19.3 Å². The number of hydrogen-bond donors (Lipinski definition) is 1. The van der Waals surface area contributed by atoms with Gasteiger partial charge in [-0.3, -0.25) is 9.59 Å². The van der Waals surface area contributed by atoms with Crippen molar-refractivity contribution in [2.45, 2.75) is 167 Å². The molecule has 2 atom stereocenters. The van der Waals surface area contributed by atoms with Gasteiger partial charge in [-0.15, -0.1) is 0 Å². The Labute approximate surface area is 384 Å². The Morgan fingerprint density at radius 1 is 0.476 bits per heavy atom. The van der Waals surface area contributed by atoms with Crippen molar-refractivity contribution < 1.29 is 38.2 Å². The summed E-state index contributed by atoms with van der Waals surface area (Å²) in [4.78, 5) is 37.1. The molecule has 0 bridgehead atoms. The van der Waals surface area contributed by atoms with Gasteiger partial charge in [0.25, 0.3) is 0 Å². The van der Waals surface area contributed by atoms with Gasteiger partial charge in [0.1, 0.15) is 6.61 Å². The van der Waals surface area contributed by atoms with Crippen molar-refractivity contribution in [1.82, 2.24) is 0 Å². The number of ether oxygens (including phenoxy) is 3. The molecule has 0 amide bonds. The number of hydrogen-bond acceptors (Lipinski definition) is 6. The first-order chi connectivity index (χ1) is 30.6. The van der Waals surface area contributed by atoms with Crippen LogP contribution in [0.2, 0.25) is 0 Å². The first-order valence-electron chi connectivity index (χ1n) is 24.1. The van der Waals surface area contributed by atoms with Crippen LogP contribution in [0.25, 0.3) is 0 Å². The minimum atomic E-state index is -0.893. The molecule has 0 fully saturated rings. The van der Waals surface area contributed by atoms with Gasteiger partial charge in [0.2, 0.25) is 0 Å². The van der Waals surface area contributed by atoms with Gasteiger partial charge in [-0.2, -0.15) is 0 Å². The molecule has 0 aromatic heterocycles. The Hall–Kier alpha value is -4.27. The third kappa shape index (κ3) is 42.8. The van der Waals surface area contributed by atoms with Crippen molar-refractivity contribution in [3.63, 3.8) is 0 Å². The summed E-state index contributed by atoms with van der Waals surface area (Å²) in [6.45, 7) is 4.40. The highest BCUT2D eigenvalue weighted by Gasteiger charge is 2.31. The first-order valence-corrected chi connectivity index (χ1v) is 24.1. The number of esters is 2. The van der Waals surface area contributed by atoms with Crippen molar-refractivity contribution in [2.24, 2.45) is 0 Å². The van der Waals surface area contributed by atoms with Gasteiger partial charge >= 0.3 is 17.9 Å². The number of nitrogens with zero attached hydrogens (tertiary/aromatic N) is 1. The molecule has 0 aliphatic heterocycles. The van der Waals surface area contributed by atoms with E-state index in [1.54, 1.807) is 0 Å². The molecule has 0 radical (unpaired) electrons. The second-order valence-electron chi connectivity index (χ2n) is 16.6. The number of aliphatic carboxylic acids is 1. The highest BCUT2D eigenvalue weighted by Crippen LogP contribution is 2.12. The maximum absolute atomic E-state index is 12.7. The quantitative estimate of drug-likeness (QED) is 0.0283. The third-order valence-corrected chi connectivity index (χ3v) is 9.87. The summed E-state index contributed by atoms with van der Waals surface area (Å²) in [7, 11) is 5.49. The highest BCUT2D eigenvalue weighted by atomic mass is 16.6. The van der Waals surface area contributed by atoms with E-state index in [0.29, 0.717) is 19.3 Å². The lowest BCUT2D eigenvalue weighted by molar-refractivity contribution is -0.887. The van der Waals surface area contributed by atoms with Gasteiger partial charge in [-0.1, -0.05) is 167 Å². The van der Waals surface area contributed by atoms with Crippen LogP contribution in [0, 0.1) is 0 Å². The van der Waals surface area contributed by atoms with E-state index in [-0.39, 0.29) is 36.7 Å². The molecule has 0 rings (SSSR count). The predicted molar refractivity (Wildman–Crippen MR) is 265 cm³/mol. The molecule has 1 N–H and O–H groups in total. The third-order valence-electron chi connectivity index (χ3n) is 9.87. The van der Waals surface area contributed by atoms with Crippen LogP contribution in [0.4, 0.5) is 0 Å². The molecular weight excluding hydrogens is 787 g/mol. The largest absolute Gasteiger partial charge is 0.477 e. The summed E-state index contributed by atoms with van der Waals surface area (Å²) >= 11 is 0. The number of allylic oxidation sites excluding steroid dienone is 20. The molecule has 0 aliphatic rings. The van der Waals surface area contributed by atoms with Crippen molar-refractivity contribution in [3.8, 4) is 0 Å². The average Bonchev–Trinajstić information content (AvgIpc) is 3.24. The van der Waals surface area contributed by atoms with Gasteiger partial charge in [0, 0.05) is 19.3 Å². The van der Waals surface area contributed by atoms with Gasteiger partial charge < -0.3 is 23.8 Å². The first kappa shape index (κ1) is 58.7. The van der Waals surface area contributed by atoms with E-state index >= 15 is 0 Å². The van der Waals surface area contributed by atoms with Crippen LogP contribution in [-0.4, -0.2) is 80.6 Å². The number of carboxylic acid groups (broad SMARTS) is 1. The fourth-order valence-electron chi connectivity index (χ4n) is 6.22. The normalized spacial score (nSPS) is 14.0. The molecule has 63 heavy (non-hydrogen) atoms. The lowest BCUT2D eigenvalue weighted by Gasteiger charge is -2.31. The van der Waals surface area contributed by atoms with Gasteiger partial charge in [-0.05, 0) is 89.9 Å². The molecule has 0 aromatic carbocycles. The van der Waals surface area contributed by atoms with Crippen LogP contribution in [0.1, 0.15) is 155 Å². The molecule has 0 aromatic rings. The number of quaternary nitrogens is 1. The molecule has 0 aliphatic carbocycles. The molecule has 0 spiro atoms. The average molecular weight is 875 g/mol. The Morgan fingerprint density at radius 3 is 1.30 bits per heavy atom. The molecule has 0 saturated heterocycles. The van der Waals surface area contributed by atoms with E-state index in [9.17, 15) is 19.5 Å². The van der Waals surface area contributed by atoms with Crippen molar-refractivity contribution in [3.05, 3.63) is 122 Å². The van der Waals surface area contributed by atoms with Crippen LogP contribution in [0.15, 0.2) is 122 Å². The molecule has 8 nitrogen and oxygen atoms in total. The summed E-state index contributed by atoms with van der Waals surface area (Å²) in [6.07, 6.45) is 62.6. The van der Waals surface area contributed by atoms with Crippen LogP contribution < -0.4 is 0 Å². The Kier molecular flexibility index (Phi) is 41.3. The Balaban J connectivity index is 4.45. The SMILES string of the molecule is CC/C=C/C/C=C/C/C=C/C/C=C/C/C=C/C/C=C/CCC(=O)OC(COCCC(C(=O)O)[N+](C)(C)C)COC(=O)CCCCCCCCC/C=C/C/C=C/C/C=C/C/C=C/CC. The number of unbranched alkanes of at least 4 members (excludes halogenated alkanes) is 7. The molecule has 0 saturated carbocycles. The van der Waals surface area contributed by atoms with Crippen molar-refractivity contribution >= 4 is 17.9 Å². The number of rotatable bonds is 41. The Bertz CT molecular complexity index is 1440. The molecule has 2 unspecified atom stereocenters. The summed E-state index contributed by atoms with van der Waals surface area (Å²) in [6, 6.07) is -0.638. The van der Waals surface area contributed by atoms with Gasteiger partial charge in [0.15, 0.2) is 12.1 Å². The fourth-order valence-corrected chi connectivity index (χ4v) is 6.22. The number of likely N-dealkylation sites (N-methyl/N-ethyl adjacent to an activating group) is 1. The second kappa shape index (κ2) is 44.3. The maximum Gasteiger partial charge on any atom is 0.362 e. The molecule has 354 valence electrons. The van der Waals surface area contributed by atoms with E-state index in [2.05, 4.69) is 123 Å². The maximum atomic E-state index is 12.7. The highest BCUT2D eigenvalue weighted by molar-refractivity contribution is 5.72. The van der Waals surface area contributed by atoms with Gasteiger partial charge in [0.05, 0.1) is 34.4 Å². The topological polar surface area (TPSA) is 99.1 Å². The van der Waals surface area contributed by atoms with Crippen LogP contribution in [0.5, 0.6) is 0 Å². The van der Waals surface area contributed by atoms with Crippen LogP contribution in [0.3, 0.4) is 0 Å². The zero-order valence-corrected chi connectivity index (χ0v) is 40.2. The predicted octanol–water partition coefficient (Wildman–Crippen LogP) is 13.8.